The maximum Gasteiger partial charge on any atom is 0.424 e. The highest BCUT2D eigenvalue weighted by Gasteiger charge is 2.32. The Balaban J connectivity index is 2.22. The summed E-state index contributed by atoms with van der Waals surface area (Å²) < 4.78 is 38.8. The summed E-state index contributed by atoms with van der Waals surface area (Å²) in [6.07, 6.45) is -4.45. The third-order valence-corrected chi connectivity index (χ3v) is 3.37. The zero-order chi connectivity index (χ0) is 15.1. The molecule has 2 rings (SSSR count). The monoisotopic (exact) mass is 304 g/mol. The molecule has 0 bridgehead atoms. The lowest BCUT2D eigenvalue weighted by Crippen LogP contribution is -2.09. The van der Waals surface area contributed by atoms with Gasteiger partial charge in [-0.2, -0.15) is 13.2 Å². The van der Waals surface area contributed by atoms with Gasteiger partial charge >= 0.3 is 6.18 Å². The van der Waals surface area contributed by atoms with Gasteiger partial charge in [-0.1, -0.05) is 60.0 Å². The summed E-state index contributed by atoms with van der Waals surface area (Å²) in [6, 6.07) is 17.5. The number of allylic oxidation sites excluding steroid dienone is 1. The van der Waals surface area contributed by atoms with Gasteiger partial charge in [0.2, 0.25) is 0 Å². The Hall–Kier alpha value is -2.12. The van der Waals surface area contributed by atoms with Crippen molar-refractivity contribution in [2.24, 2.45) is 0 Å². The van der Waals surface area contributed by atoms with Crippen molar-refractivity contribution in [2.75, 3.05) is 0 Å². The number of thioether (sulfide) groups is 1. The molecular formula is C17H11F3S. The number of hydrogen-bond acceptors (Lipinski definition) is 1. The second-order valence-corrected chi connectivity index (χ2v) is 5.02. The Kier molecular flexibility index (Phi) is 5.13. The molecule has 0 aliphatic rings. The minimum absolute atomic E-state index is 0.553. The summed E-state index contributed by atoms with van der Waals surface area (Å²) >= 11 is 1.01. The summed E-state index contributed by atoms with van der Waals surface area (Å²) in [7, 11) is 0. The fourth-order valence-corrected chi connectivity index (χ4v) is 2.21. The van der Waals surface area contributed by atoms with E-state index in [1.807, 2.05) is 6.07 Å². The van der Waals surface area contributed by atoms with Gasteiger partial charge in [0.15, 0.2) is 0 Å². The summed E-state index contributed by atoms with van der Waals surface area (Å²) in [4.78, 5) is 0.737. The average Bonchev–Trinajstić information content (AvgIpc) is 2.48. The third kappa shape index (κ3) is 5.05. The first-order chi connectivity index (χ1) is 10.1. The Morgan fingerprint density at radius 3 is 2.05 bits per heavy atom. The molecule has 0 heterocycles. The first-order valence-corrected chi connectivity index (χ1v) is 7.00. The topological polar surface area (TPSA) is 0 Å². The highest BCUT2D eigenvalue weighted by Crippen LogP contribution is 2.29. The predicted octanol–water partition coefficient (Wildman–Crippen LogP) is 5.28. The summed E-state index contributed by atoms with van der Waals surface area (Å²) in [6.45, 7) is 0. The lowest BCUT2D eigenvalue weighted by molar-refractivity contribution is -0.0869. The van der Waals surface area contributed by atoms with Crippen LogP contribution in [0.2, 0.25) is 0 Å². The molecule has 2 aromatic carbocycles. The number of alkyl halides is 3. The van der Waals surface area contributed by atoms with Gasteiger partial charge in [-0.15, -0.1) is 0 Å². The van der Waals surface area contributed by atoms with E-state index >= 15 is 0 Å². The largest absolute Gasteiger partial charge is 0.424 e. The van der Waals surface area contributed by atoms with Crippen LogP contribution in [0.3, 0.4) is 0 Å². The standard InChI is InChI=1S/C17H11F3S/c18-17(19,20)15(12-11-14-7-3-1-4-8-14)13-21-16-9-5-2-6-10-16/h1-10,13H/b15-13+. The van der Waals surface area contributed by atoms with E-state index < -0.39 is 11.7 Å². The smallest absolute Gasteiger partial charge is 0.165 e. The van der Waals surface area contributed by atoms with E-state index in [1.165, 1.54) is 0 Å². The fraction of sp³-hybridized carbons (Fsp3) is 0.0588. The molecule has 0 amide bonds. The zero-order valence-electron chi connectivity index (χ0n) is 10.9. The molecule has 0 unspecified atom stereocenters. The van der Waals surface area contributed by atoms with Crippen LogP contribution < -0.4 is 0 Å². The van der Waals surface area contributed by atoms with E-state index in [-0.39, 0.29) is 0 Å². The minimum atomic E-state index is -4.45. The van der Waals surface area contributed by atoms with E-state index in [0.717, 1.165) is 22.1 Å². The van der Waals surface area contributed by atoms with Crippen molar-refractivity contribution in [1.82, 2.24) is 0 Å². The lowest BCUT2D eigenvalue weighted by Gasteiger charge is -2.05. The van der Waals surface area contributed by atoms with Crippen LogP contribution in [0.4, 0.5) is 13.2 Å². The molecule has 0 saturated carbocycles. The first kappa shape index (κ1) is 15.3. The number of benzene rings is 2. The zero-order valence-corrected chi connectivity index (χ0v) is 11.7. The van der Waals surface area contributed by atoms with E-state index in [4.69, 9.17) is 0 Å². The summed E-state index contributed by atoms with van der Waals surface area (Å²) in [5.41, 5.74) is -0.294. The van der Waals surface area contributed by atoms with E-state index in [1.54, 1.807) is 54.6 Å². The third-order valence-electron chi connectivity index (χ3n) is 2.48. The molecule has 0 aliphatic carbocycles. The first-order valence-electron chi connectivity index (χ1n) is 6.12. The molecule has 0 nitrogen and oxygen atoms in total. The Morgan fingerprint density at radius 1 is 0.905 bits per heavy atom. The number of halogens is 3. The van der Waals surface area contributed by atoms with Gasteiger partial charge in [0.1, 0.15) is 5.57 Å². The van der Waals surface area contributed by atoms with Gasteiger partial charge in [-0.05, 0) is 29.7 Å². The fourth-order valence-electron chi connectivity index (χ4n) is 1.45. The molecule has 4 heteroatoms. The molecule has 0 atom stereocenters. The lowest BCUT2D eigenvalue weighted by atomic mass is 10.2. The Labute approximate surface area is 125 Å². The second-order valence-electron chi connectivity index (χ2n) is 4.08. The van der Waals surface area contributed by atoms with Crippen molar-refractivity contribution in [3.63, 3.8) is 0 Å². The van der Waals surface area contributed by atoms with E-state index in [9.17, 15) is 13.2 Å². The normalized spacial score (nSPS) is 11.7. The van der Waals surface area contributed by atoms with Crippen LogP contribution in [0.15, 0.2) is 76.5 Å². The SMILES string of the molecule is FC(F)(F)/C(C#Cc1ccccc1)=C/Sc1ccccc1. The summed E-state index contributed by atoms with van der Waals surface area (Å²) in [5.74, 6) is 4.75. The van der Waals surface area contributed by atoms with Crippen molar-refractivity contribution in [3.05, 3.63) is 77.2 Å². The van der Waals surface area contributed by atoms with Crippen molar-refractivity contribution >= 4 is 11.8 Å². The molecule has 0 aliphatic heterocycles. The van der Waals surface area contributed by atoms with Gasteiger partial charge in [0.05, 0.1) is 0 Å². The molecule has 0 spiro atoms. The highest BCUT2D eigenvalue weighted by molar-refractivity contribution is 8.02. The van der Waals surface area contributed by atoms with Crippen molar-refractivity contribution in [2.45, 2.75) is 11.1 Å². The number of rotatable bonds is 2. The van der Waals surface area contributed by atoms with Crippen LogP contribution in [0.25, 0.3) is 0 Å². The molecule has 21 heavy (non-hydrogen) atoms. The maximum absolute atomic E-state index is 12.9. The minimum Gasteiger partial charge on any atom is -0.165 e. The molecule has 106 valence electrons. The van der Waals surface area contributed by atoms with Crippen LogP contribution in [0, 0.1) is 11.8 Å². The highest BCUT2D eigenvalue weighted by atomic mass is 32.2. The Bertz CT molecular complexity index is 662. The van der Waals surface area contributed by atoms with Crippen molar-refractivity contribution < 1.29 is 13.2 Å². The van der Waals surface area contributed by atoms with Gasteiger partial charge < -0.3 is 0 Å². The van der Waals surface area contributed by atoms with E-state index in [0.29, 0.717) is 5.56 Å². The average molecular weight is 304 g/mol. The van der Waals surface area contributed by atoms with Crippen molar-refractivity contribution in [1.29, 1.82) is 0 Å². The molecule has 0 fully saturated rings. The van der Waals surface area contributed by atoms with Gasteiger partial charge in [0.25, 0.3) is 0 Å². The van der Waals surface area contributed by atoms with Crippen LogP contribution in [-0.2, 0) is 0 Å². The van der Waals surface area contributed by atoms with Gasteiger partial charge in [-0.25, -0.2) is 0 Å². The Morgan fingerprint density at radius 2 is 1.48 bits per heavy atom. The van der Waals surface area contributed by atoms with Crippen LogP contribution in [0.5, 0.6) is 0 Å². The van der Waals surface area contributed by atoms with Crippen LogP contribution in [0.1, 0.15) is 5.56 Å². The molecule has 0 saturated heterocycles. The summed E-state index contributed by atoms with van der Waals surface area (Å²) in [5, 5.41) is 1.05. The van der Waals surface area contributed by atoms with Gasteiger partial charge in [0, 0.05) is 10.5 Å². The molecule has 0 radical (unpaired) electrons. The second kappa shape index (κ2) is 7.05. The quantitative estimate of drug-likeness (QED) is 0.537. The molecule has 0 aromatic heterocycles. The van der Waals surface area contributed by atoms with E-state index in [2.05, 4.69) is 11.8 Å². The van der Waals surface area contributed by atoms with Gasteiger partial charge in [-0.3, -0.25) is 0 Å². The molecule has 0 N–H and O–H groups in total. The van der Waals surface area contributed by atoms with Crippen molar-refractivity contribution in [3.8, 4) is 11.8 Å². The predicted molar refractivity (Wildman–Crippen MR) is 79.8 cm³/mol. The molecule has 2 aromatic rings. The number of hydrogen-bond donors (Lipinski definition) is 0. The van der Waals surface area contributed by atoms with Crippen LogP contribution >= 0.6 is 11.8 Å². The molecular weight excluding hydrogens is 293 g/mol. The van der Waals surface area contributed by atoms with Crippen LogP contribution in [-0.4, -0.2) is 6.18 Å². The maximum atomic E-state index is 12.9.